The molecule has 0 atom stereocenters. The van der Waals surface area contributed by atoms with Crippen molar-refractivity contribution in [2.75, 3.05) is 19.6 Å². The number of carbonyl (C=O) groups excluding carboxylic acids is 1. The van der Waals surface area contributed by atoms with Crippen LogP contribution < -0.4 is 16.0 Å². The quantitative estimate of drug-likeness (QED) is 0.205. The minimum Gasteiger partial charge on any atom is -0.481 e. The van der Waals surface area contributed by atoms with E-state index in [0.717, 1.165) is 19.5 Å². The van der Waals surface area contributed by atoms with Gasteiger partial charge in [0.15, 0.2) is 0 Å². The van der Waals surface area contributed by atoms with Gasteiger partial charge in [0.25, 0.3) is 0 Å². The van der Waals surface area contributed by atoms with Gasteiger partial charge in [-0.15, -0.1) is 0 Å². The molecule has 3 rings (SSSR count). The molecule has 3 aromatic carbocycles. The summed E-state index contributed by atoms with van der Waals surface area (Å²) in [6.07, 6.45) is 2.22. The van der Waals surface area contributed by atoms with E-state index in [1.165, 1.54) is 38.7 Å². The minimum atomic E-state index is -0.798. The fraction of sp³-hybridized carbons (Fsp3) is 0.280. The molecule has 0 fully saturated rings. The van der Waals surface area contributed by atoms with Crippen LogP contribution in [-0.2, 0) is 22.7 Å². The average molecular weight is 420 g/mol. The van der Waals surface area contributed by atoms with Crippen molar-refractivity contribution in [2.45, 2.75) is 25.9 Å². The Kier molecular flexibility index (Phi) is 8.15. The zero-order valence-electron chi connectivity index (χ0n) is 17.6. The Bertz CT molecular complexity index is 1020. The van der Waals surface area contributed by atoms with Crippen molar-refractivity contribution < 1.29 is 14.7 Å². The van der Waals surface area contributed by atoms with Crippen molar-refractivity contribution in [3.05, 3.63) is 72.3 Å². The number of hydrogen-bond donors (Lipinski definition) is 4. The number of rotatable bonds is 12. The lowest BCUT2D eigenvalue weighted by atomic mass is 9.91. The monoisotopic (exact) mass is 419 g/mol. The Morgan fingerprint density at radius 1 is 0.806 bits per heavy atom. The van der Waals surface area contributed by atoms with Crippen molar-refractivity contribution in [1.29, 1.82) is 0 Å². The molecular weight excluding hydrogens is 390 g/mol. The Hall–Kier alpha value is -3.22. The molecule has 31 heavy (non-hydrogen) atoms. The highest BCUT2D eigenvalue weighted by Crippen LogP contribution is 2.33. The third-order valence-corrected chi connectivity index (χ3v) is 5.29. The molecule has 0 aliphatic carbocycles. The van der Waals surface area contributed by atoms with Gasteiger partial charge in [-0.25, -0.2) is 0 Å². The van der Waals surface area contributed by atoms with Crippen molar-refractivity contribution in [3.8, 4) is 0 Å². The van der Waals surface area contributed by atoms with Crippen molar-refractivity contribution in [1.82, 2.24) is 16.0 Å². The number of amides is 1. The summed E-state index contributed by atoms with van der Waals surface area (Å²) in [6, 6.07) is 16.7. The summed E-state index contributed by atoms with van der Waals surface area (Å²) in [7, 11) is 0. The highest BCUT2D eigenvalue weighted by atomic mass is 16.4. The minimum absolute atomic E-state index is 0.102. The Morgan fingerprint density at radius 2 is 1.29 bits per heavy atom. The van der Waals surface area contributed by atoms with E-state index in [0.29, 0.717) is 19.6 Å². The van der Waals surface area contributed by atoms with Crippen molar-refractivity contribution >= 4 is 33.4 Å². The van der Waals surface area contributed by atoms with Crippen LogP contribution >= 0.6 is 0 Å². The third-order valence-electron chi connectivity index (χ3n) is 5.29. The SMILES string of the molecule is C=CC(=O)NCCCNCc1c2ccccc2c(CNCCC(=O)O)c2ccccc12. The van der Waals surface area contributed by atoms with Gasteiger partial charge in [-0.1, -0.05) is 55.1 Å². The molecule has 0 unspecified atom stereocenters. The molecule has 0 aromatic heterocycles. The molecule has 162 valence electrons. The summed E-state index contributed by atoms with van der Waals surface area (Å²) < 4.78 is 0. The lowest BCUT2D eigenvalue weighted by Gasteiger charge is -2.18. The fourth-order valence-electron chi connectivity index (χ4n) is 3.81. The normalized spacial score (nSPS) is 11.0. The summed E-state index contributed by atoms with van der Waals surface area (Å²) in [4.78, 5) is 22.1. The maximum Gasteiger partial charge on any atom is 0.304 e. The van der Waals surface area contributed by atoms with Crippen LogP contribution in [0.25, 0.3) is 21.5 Å². The van der Waals surface area contributed by atoms with E-state index in [1.807, 2.05) is 24.3 Å². The first-order valence-electron chi connectivity index (χ1n) is 10.6. The molecule has 3 aromatic rings. The zero-order valence-corrected chi connectivity index (χ0v) is 17.6. The third kappa shape index (κ3) is 5.90. The second-order valence-corrected chi connectivity index (χ2v) is 7.39. The molecule has 1 amide bonds. The van der Waals surface area contributed by atoms with E-state index < -0.39 is 5.97 Å². The van der Waals surface area contributed by atoms with E-state index in [1.54, 1.807) is 0 Å². The van der Waals surface area contributed by atoms with Gasteiger partial charge in [0.1, 0.15) is 0 Å². The summed E-state index contributed by atoms with van der Waals surface area (Å²) in [6.45, 7) is 6.63. The predicted octanol–water partition coefficient (Wildman–Crippen LogP) is 3.34. The van der Waals surface area contributed by atoms with Gasteiger partial charge >= 0.3 is 5.97 Å². The van der Waals surface area contributed by atoms with Crippen LogP contribution in [0.3, 0.4) is 0 Å². The van der Waals surface area contributed by atoms with Gasteiger partial charge in [-0.2, -0.15) is 0 Å². The second-order valence-electron chi connectivity index (χ2n) is 7.39. The highest BCUT2D eigenvalue weighted by molar-refractivity contribution is 6.05. The molecule has 0 saturated carbocycles. The van der Waals surface area contributed by atoms with E-state index in [-0.39, 0.29) is 12.3 Å². The van der Waals surface area contributed by atoms with Gasteiger partial charge in [-0.05, 0) is 51.7 Å². The van der Waals surface area contributed by atoms with E-state index in [4.69, 9.17) is 5.11 Å². The molecule has 0 saturated heterocycles. The zero-order chi connectivity index (χ0) is 22.1. The van der Waals surface area contributed by atoms with Crippen molar-refractivity contribution in [2.24, 2.45) is 0 Å². The molecule has 0 radical (unpaired) electrons. The average Bonchev–Trinajstić information content (AvgIpc) is 2.79. The number of hydrogen-bond acceptors (Lipinski definition) is 4. The molecule has 0 spiro atoms. The maximum absolute atomic E-state index is 11.2. The molecule has 4 N–H and O–H groups in total. The van der Waals surface area contributed by atoms with Crippen LogP contribution in [0.4, 0.5) is 0 Å². The lowest BCUT2D eigenvalue weighted by Crippen LogP contribution is -2.25. The molecular formula is C25H29N3O3. The number of carbonyl (C=O) groups is 2. The molecule has 0 bridgehead atoms. The number of aliphatic carboxylic acids is 1. The number of carboxylic acids is 1. The summed E-state index contributed by atoms with van der Waals surface area (Å²) in [5.74, 6) is -0.947. The largest absolute Gasteiger partial charge is 0.481 e. The topological polar surface area (TPSA) is 90.5 Å². The van der Waals surface area contributed by atoms with Crippen LogP contribution in [0.15, 0.2) is 61.2 Å². The number of fused-ring (bicyclic) bond motifs is 2. The second kappa shape index (κ2) is 11.2. The van der Waals surface area contributed by atoms with Gasteiger partial charge < -0.3 is 21.1 Å². The Morgan fingerprint density at radius 3 is 1.74 bits per heavy atom. The summed E-state index contributed by atoms with van der Waals surface area (Å²) in [5.41, 5.74) is 2.43. The molecule has 6 heteroatoms. The van der Waals surface area contributed by atoms with Crippen LogP contribution in [0, 0.1) is 0 Å². The predicted molar refractivity (Wildman–Crippen MR) is 125 cm³/mol. The standard InChI is InChI=1S/C25H29N3O3/c1-2-24(29)28-14-7-13-26-16-22-18-8-3-5-10-20(18)23(17-27-15-12-25(30)31)21-11-6-4-9-19(21)22/h2-6,8-11,26-27H,1,7,12-17H2,(H,28,29)(H,30,31). The Labute approximate surface area is 182 Å². The van der Waals surface area contributed by atoms with Gasteiger partial charge in [0, 0.05) is 26.2 Å². The van der Waals surface area contributed by atoms with Gasteiger partial charge in [0.05, 0.1) is 6.42 Å². The number of carboxylic acid groups (broad SMARTS) is 1. The van der Waals surface area contributed by atoms with Crippen LogP contribution in [0.2, 0.25) is 0 Å². The smallest absolute Gasteiger partial charge is 0.304 e. The first kappa shape index (κ1) is 22.5. The Balaban J connectivity index is 1.81. The van der Waals surface area contributed by atoms with Crippen LogP contribution in [0.5, 0.6) is 0 Å². The van der Waals surface area contributed by atoms with E-state index >= 15 is 0 Å². The maximum atomic E-state index is 11.2. The lowest BCUT2D eigenvalue weighted by molar-refractivity contribution is -0.136. The van der Waals surface area contributed by atoms with Crippen molar-refractivity contribution in [3.63, 3.8) is 0 Å². The highest BCUT2D eigenvalue weighted by Gasteiger charge is 2.13. The molecule has 0 heterocycles. The fourth-order valence-corrected chi connectivity index (χ4v) is 3.81. The van der Waals surface area contributed by atoms with Crippen LogP contribution in [-0.4, -0.2) is 36.6 Å². The molecule has 0 aliphatic heterocycles. The first-order valence-corrected chi connectivity index (χ1v) is 10.6. The molecule has 6 nitrogen and oxygen atoms in total. The molecule has 0 aliphatic rings. The van der Waals surface area contributed by atoms with E-state index in [2.05, 4.69) is 46.8 Å². The van der Waals surface area contributed by atoms with Crippen LogP contribution in [0.1, 0.15) is 24.0 Å². The number of nitrogens with one attached hydrogen (secondary N) is 3. The van der Waals surface area contributed by atoms with E-state index in [9.17, 15) is 9.59 Å². The summed E-state index contributed by atoms with van der Waals surface area (Å²) >= 11 is 0. The van der Waals surface area contributed by atoms with Gasteiger partial charge in [-0.3, -0.25) is 9.59 Å². The number of benzene rings is 3. The summed E-state index contributed by atoms with van der Waals surface area (Å²) in [5, 5.41) is 23.2. The first-order chi connectivity index (χ1) is 15.1. The van der Waals surface area contributed by atoms with Gasteiger partial charge in [0.2, 0.25) is 5.91 Å².